The number of nitrogens with zero attached hydrogens (tertiary/aromatic N) is 2. The lowest BCUT2D eigenvalue weighted by atomic mass is 9.94. The Morgan fingerprint density at radius 2 is 1.96 bits per heavy atom. The monoisotopic (exact) mass is 360 g/mol. The molecule has 4 nitrogen and oxygen atoms in total. The number of hydrogen-bond donors (Lipinski definition) is 0. The van der Waals surface area contributed by atoms with Crippen LogP contribution in [0.25, 0.3) is 10.9 Å². The van der Waals surface area contributed by atoms with Crippen molar-refractivity contribution in [3.8, 4) is 5.75 Å². The van der Waals surface area contributed by atoms with Crippen LogP contribution in [-0.2, 0) is 11.2 Å². The van der Waals surface area contributed by atoms with Gasteiger partial charge < -0.3 is 4.74 Å². The van der Waals surface area contributed by atoms with E-state index < -0.39 is 0 Å². The summed E-state index contributed by atoms with van der Waals surface area (Å²) in [6.45, 7) is 6.10. The van der Waals surface area contributed by atoms with Crippen LogP contribution in [0.3, 0.4) is 0 Å². The van der Waals surface area contributed by atoms with Gasteiger partial charge in [-0.05, 0) is 62.6 Å². The van der Waals surface area contributed by atoms with Crippen molar-refractivity contribution in [2.75, 3.05) is 4.90 Å². The van der Waals surface area contributed by atoms with Crippen LogP contribution in [0.5, 0.6) is 5.75 Å². The third-order valence-electron chi connectivity index (χ3n) is 5.07. The van der Waals surface area contributed by atoms with Crippen molar-refractivity contribution in [1.29, 1.82) is 0 Å². The number of benzene rings is 2. The standard InChI is InChI=1S/C23H24N2O2/c1-4-22(26)25(19-13-16-7-5-6-8-20(16)24-15-19)18-9-10-21-17(14-18)11-12-23(2,3)27-21/h5-10,13-15H,4,11-12H2,1-3H3. The summed E-state index contributed by atoms with van der Waals surface area (Å²) in [7, 11) is 0. The summed E-state index contributed by atoms with van der Waals surface area (Å²) in [5.74, 6) is 0.958. The maximum absolute atomic E-state index is 12.8. The first-order chi connectivity index (χ1) is 13.0. The molecular formula is C23H24N2O2. The quantitative estimate of drug-likeness (QED) is 0.627. The fourth-order valence-electron chi connectivity index (χ4n) is 3.56. The number of pyridine rings is 1. The van der Waals surface area contributed by atoms with E-state index in [9.17, 15) is 4.79 Å². The molecule has 0 bridgehead atoms. The number of aryl methyl sites for hydroxylation is 1. The van der Waals surface area contributed by atoms with Crippen LogP contribution in [0.2, 0.25) is 0 Å². The molecule has 4 rings (SSSR count). The lowest BCUT2D eigenvalue weighted by Gasteiger charge is -2.33. The Hall–Kier alpha value is -2.88. The number of anilines is 2. The van der Waals surface area contributed by atoms with E-state index in [0.29, 0.717) is 6.42 Å². The van der Waals surface area contributed by atoms with Gasteiger partial charge in [0.25, 0.3) is 0 Å². The largest absolute Gasteiger partial charge is 0.488 e. The number of carbonyl (C=O) groups excluding carboxylic acids is 1. The second kappa shape index (κ2) is 6.69. The molecule has 0 saturated carbocycles. The summed E-state index contributed by atoms with van der Waals surface area (Å²) in [4.78, 5) is 19.1. The van der Waals surface area contributed by atoms with Crippen LogP contribution < -0.4 is 9.64 Å². The first-order valence-corrected chi connectivity index (χ1v) is 9.46. The summed E-state index contributed by atoms with van der Waals surface area (Å²) < 4.78 is 6.09. The number of ether oxygens (including phenoxy) is 1. The number of amides is 1. The van der Waals surface area contributed by atoms with E-state index in [1.165, 1.54) is 0 Å². The van der Waals surface area contributed by atoms with Crippen LogP contribution in [0, 0.1) is 0 Å². The first-order valence-electron chi connectivity index (χ1n) is 9.46. The fourth-order valence-corrected chi connectivity index (χ4v) is 3.56. The molecule has 0 spiro atoms. The number of aromatic nitrogens is 1. The van der Waals surface area contributed by atoms with Crippen LogP contribution in [0.1, 0.15) is 39.2 Å². The van der Waals surface area contributed by atoms with Gasteiger partial charge >= 0.3 is 0 Å². The molecule has 1 aliphatic heterocycles. The molecule has 0 radical (unpaired) electrons. The van der Waals surface area contributed by atoms with E-state index in [1.54, 1.807) is 11.1 Å². The van der Waals surface area contributed by atoms with Crippen molar-refractivity contribution in [3.63, 3.8) is 0 Å². The van der Waals surface area contributed by atoms with Crippen LogP contribution in [0.4, 0.5) is 11.4 Å². The highest BCUT2D eigenvalue weighted by atomic mass is 16.5. The summed E-state index contributed by atoms with van der Waals surface area (Å²) >= 11 is 0. The average molecular weight is 360 g/mol. The van der Waals surface area contributed by atoms with Crippen molar-refractivity contribution in [2.24, 2.45) is 0 Å². The molecule has 0 aliphatic carbocycles. The minimum absolute atomic E-state index is 0.0455. The molecule has 3 aromatic rings. The SMILES string of the molecule is CCC(=O)N(c1ccc2c(c1)CCC(C)(C)O2)c1cnc2ccccc2c1. The Morgan fingerprint density at radius 3 is 2.78 bits per heavy atom. The third kappa shape index (κ3) is 3.39. The maximum atomic E-state index is 12.8. The van der Waals surface area contributed by atoms with E-state index in [2.05, 4.69) is 24.9 Å². The molecule has 0 unspecified atom stereocenters. The number of rotatable bonds is 3. The van der Waals surface area contributed by atoms with Crippen molar-refractivity contribution in [1.82, 2.24) is 4.98 Å². The van der Waals surface area contributed by atoms with E-state index in [-0.39, 0.29) is 11.5 Å². The number of hydrogen-bond acceptors (Lipinski definition) is 3. The Balaban J connectivity index is 1.77. The molecule has 27 heavy (non-hydrogen) atoms. The van der Waals surface area contributed by atoms with Crippen molar-refractivity contribution >= 4 is 28.2 Å². The molecule has 0 atom stereocenters. The predicted octanol–water partition coefficient (Wildman–Crippen LogP) is 5.41. The zero-order valence-electron chi connectivity index (χ0n) is 16.0. The van der Waals surface area contributed by atoms with Crippen LogP contribution in [0.15, 0.2) is 54.7 Å². The predicted molar refractivity (Wildman–Crippen MR) is 109 cm³/mol. The van der Waals surface area contributed by atoms with Gasteiger partial charge in [-0.1, -0.05) is 25.1 Å². The lowest BCUT2D eigenvalue weighted by molar-refractivity contribution is -0.117. The second-order valence-corrected chi connectivity index (χ2v) is 7.62. The topological polar surface area (TPSA) is 42.4 Å². The van der Waals surface area contributed by atoms with Gasteiger partial charge in [-0.25, -0.2) is 0 Å². The highest BCUT2D eigenvalue weighted by Gasteiger charge is 2.27. The summed E-state index contributed by atoms with van der Waals surface area (Å²) in [5, 5.41) is 1.02. The minimum Gasteiger partial charge on any atom is -0.488 e. The molecular weight excluding hydrogens is 336 g/mol. The third-order valence-corrected chi connectivity index (χ3v) is 5.07. The van der Waals surface area contributed by atoms with E-state index in [0.717, 1.165) is 46.4 Å². The maximum Gasteiger partial charge on any atom is 0.231 e. The molecule has 2 aromatic carbocycles. The van der Waals surface area contributed by atoms with E-state index >= 15 is 0 Å². The molecule has 1 amide bonds. The smallest absolute Gasteiger partial charge is 0.231 e. The van der Waals surface area contributed by atoms with Gasteiger partial charge in [0.1, 0.15) is 11.4 Å². The molecule has 0 N–H and O–H groups in total. The second-order valence-electron chi connectivity index (χ2n) is 7.62. The molecule has 1 aromatic heterocycles. The Bertz CT molecular complexity index is 1010. The van der Waals surface area contributed by atoms with Crippen molar-refractivity contribution in [3.05, 3.63) is 60.3 Å². The summed E-state index contributed by atoms with van der Waals surface area (Å²) in [6, 6.07) is 16.0. The zero-order valence-corrected chi connectivity index (χ0v) is 16.0. The van der Waals surface area contributed by atoms with Crippen molar-refractivity contribution in [2.45, 2.75) is 45.6 Å². The van der Waals surface area contributed by atoms with Gasteiger partial charge in [0.2, 0.25) is 5.91 Å². The van der Waals surface area contributed by atoms with Crippen molar-refractivity contribution < 1.29 is 9.53 Å². The molecule has 2 heterocycles. The van der Waals surface area contributed by atoms with E-state index in [4.69, 9.17) is 4.74 Å². The molecule has 1 aliphatic rings. The van der Waals surface area contributed by atoms with Gasteiger partial charge in [-0.3, -0.25) is 14.7 Å². The number of carbonyl (C=O) groups is 1. The first kappa shape index (κ1) is 17.5. The average Bonchev–Trinajstić information content (AvgIpc) is 2.67. The minimum atomic E-state index is -0.143. The Kier molecular flexibility index (Phi) is 4.34. The summed E-state index contributed by atoms with van der Waals surface area (Å²) in [6.07, 6.45) is 4.10. The van der Waals surface area contributed by atoms with Crippen LogP contribution >= 0.6 is 0 Å². The van der Waals surface area contributed by atoms with E-state index in [1.807, 2.05) is 49.4 Å². The normalized spacial score (nSPS) is 15.1. The molecule has 4 heteroatoms. The highest BCUT2D eigenvalue weighted by molar-refractivity contribution is 6.01. The van der Waals surface area contributed by atoms with Gasteiger partial charge in [-0.15, -0.1) is 0 Å². The Labute approximate surface area is 159 Å². The lowest BCUT2D eigenvalue weighted by Crippen LogP contribution is -2.32. The highest BCUT2D eigenvalue weighted by Crippen LogP contribution is 2.37. The molecule has 0 saturated heterocycles. The molecule has 0 fully saturated rings. The summed E-state index contributed by atoms with van der Waals surface area (Å²) in [5.41, 5.74) is 3.58. The van der Waals surface area contributed by atoms with Crippen LogP contribution in [-0.4, -0.2) is 16.5 Å². The Morgan fingerprint density at radius 1 is 1.15 bits per heavy atom. The van der Waals surface area contributed by atoms with Gasteiger partial charge in [0.05, 0.1) is 17.4 Å². The molecule has 138 valence electrons. The zero-order chi connectivity index (χ0) is 19.0. The van der Waals surface area contributed by atoms with Gasteiger partial charge in [0, 0.05) is 17.5 Å². The number of fused-ring (bicyclic) bond motifs is 2. The van der Waals surface area contributed by atoms with Gasteiger partial charge in [0.15, 0.2) is 0 Å². The fraction of sp³-hybridized carbons (Fsp3) is 0.304. The number of para-hydroxylation sites is 1. The van der Waals surface area contributed by atoms with Gasteiger partial charge in [-0.2, -0.15) is 0 Å².